The summed E-state index contributed by atoms with van der Waals surface area (Å²) < 4.78 is 25.9. The molecule has 0 radical (unpaired) electrons. The molecule has 3 heteroatoms. The lowest BCUT2D eigenvalue weighted by Gasteiger charge is -2.02. The number of hydrogen-bond acceptors (Lipinski definition) is 1. The Morgan fingerprint density at radius 2 is 2.15 bits per heavy atom. The van der Waals surface area contributed by atoms with E-state index in [0.29, 0.717) is 24.0 Å². The van der Waals surface area contributed by atoms with Crippen LogP contribution < -0.4 is 0 Å². The molecule has 1 nitrogen and oxygen atoms in total. The normalized spacial score (nSPS) is 19.6. The van der Waals surface area contributed by atoms with Gasteiger partial charge < -0.3 is 0 Å². The quantitative estimate of drug-likeness (QED) is 0.600. The van der Waals surface area contributed by atoms with Crippen LogP contribution in [0, 0.1) is 23.0 Å². The van der Waals surface area contributed by atoms with Crippen molar-refractivity contribution in [2.45, 2.75) is 18.8 Å². The van der Waals surface area contributed by atoms with Crippen LogP contribution in [0.4, 0.5) is 8.78 Å². The van der Waals surface area contributed by atoms with Crippen molar-refractivity contribution in [3.05, 3.63) is 34.9 Å². The van der Waals surface area contributed by atoms with Crippen LogP contribution >= 0.6 is 0 Å². The fourth-order valence-corrected chi connectivity index (χ4v) is 1.77. The average Bonchev–Trinajstić information content (AvgIpc) is 2.55. The molecule has 0 aromatic heterocycles. The number of nitrogens with zero attached hydrogens (tertiary/aromatic N) is 1. The van der Waals surface area contributed by atoms with E-state index < -0.39 is 11.6 Å². The van der Waals surface area contributed by atoms with Crippen LogP contribution in [-0.2, 0) is 6.42 Å². The minimum atomic E-state index is -0.822. The molecule has 0 saturated heterocycles. The van der Waals surface area contributed by atoms with E-state index in [4.69, 9.17) is 5.26 Å². The lowest BCUT2D eigenvalue weighted by atomic mass is 10.0. The number of rotatable bonds is 0. The summed E-state index contributed by atoms with van der Waals surface area (Å²) in [7, 11) is 0. The first kappa shape index (κ1) is 8.18. The first-order chi connectivity index (χ1) is 6.24. The van der Waals surface area contributed by atoms with E-state index in [-0.39, 0.29) is 5.92 Å². The summed E-state index contributed by atoms with van der Waals surface area (Å²) in [6.45, 7) is 0. The van der Waals surface area contributed by atoms with Crippen molar-refractivity contribution in [1.29, 1.82) is 5.26 Å². The largest absolute Gasteiger partial charge is 0.204 e. The molecule has 66 valence electrons. The van der Waals surface area contributed by atoms with Gasteiger partial charge in [-0.2, -0.15) is 5.26 Å². The highest BCUT2D eigenvalue weighted by atomic mass is 19.2. The summed E-state index contributed by atoms with van der Waals surface area (Å²) in [5.41, 5.74) is 1.04. The van der Waals surface area contributed by atoms with Gasteiger partial charge in [-0.1, -0.05) is 6.07 Å². The Labute approximate surface area is 74.6 Å². The number of fused-ring (bicyclic) bond motifs is 1. The van der Waals surface area contributed by atoms with Gasteiger partial charge in [-0.05, 0) is 30.0 Å². The minimum absolute atomic E-state index is 0.259. The second kappa shape index (κ2) is 2.81. The number of nitriles is 1. The third-order valence-electron chi connectivity index (χ3n) is 2.45. The molecule has 0 saturated carbocycles. The molecular formula is C10H7F2N. The van der Waals surface area contributed by atoms with Crippen molar-refractivity contribution in [3.63, 3.8) is 0 Å². The van der Waals surface area contributed by atoms with Crippen LogP contribution in [0.3, 0.4) is 0 Å². The van der Waals surface area contributed by atoms with Gasteiger partial charge in [0.05, 0.1) is 12.0 Å². The van der Waals surface area contributed by atoms with Crippen molar-refractivity contribution in [2.24, 2.45) is 0 Å². The van der Waals surface area contributed by atoms with E-state index in [1.54, 1.807) is 0 Å². The van der Waals surface area contributed by atoms with Crippen molar-refractivity contribution in [1.82, 2.24) is 0 Å². The van der Waals surface area contributed by atoms with Crippen LogP contribution in [0.2, 0.25) is 0 Å². The molecule has 1 atom stereocenters. The Bertz CT molecular complexity index is 393. The van der Waals surface area contributed by atoms with E-state index in [0.717, 1.165) is 6.07 Å². The smallest absolute Gasteiger partial charge is 0.162 e. The molecule has 0 amide bonds. The Morgan fingerprint density at radius 1 is 1.38 bits per heavy atom. The molecule has 1 unspecified atom stereocenters. The average molecular weight is 179 g/mol. The maximum atomic E-state index is 13.1. The topological polar surface area (TPSA) is 23.8 Å². The number of benzene rings is 1. The zero-order chi connectivity index (χ0) is 9.42. The predicted octanol–water partition coefficient (Wildman–Crippen LogP) is 2.52. The van der Waals surface area contributed by atoms with E-state index in [1.807, 2.05) is 0 Å². The summed E-state index contributed by atoms with van der Waals surface area (Å²) in [6.07, 6.45) is 1.07. The first-order valence-electron chi connectivity index (χ1n) is 4.10. The molecule has 0 aliphatic heterocycles. The number of halogens is 2. The highest BCUT2D eigenvalue weighted by molar-refractivity contribution is 5.39. The zero-order valence-corrected chi connectivity index (χ0v) is 6.85. The van der Waals surface area contributed by atoms with Crippen molar-refractivity contribution < 1.29 is 8.78 Å². The molecule has 13 heavy (non-hydrogen) atoms. The van der Waals surface area contributed by atoms with Gasteiger partial charge in [0.2, 0.25) is 0 Å². The van der Waals surface area contributed by atoms with Gasteiger partial charge in [-0.3, -0.25) is 0 Å². The molecule has 0 spiro atoms. The van der Waals surface area contributed by atoms with E-state index in [1.165, 1.54) is 6.07 Å². The van der Waals surface area contributed by atoms with E-state index in [9.17, 15) is 8.78 Å². The third-order valence-corrected chi connectivity index (χ3v) is 2.45. The maximum absolute atomic E-state index is 13.1. The second-order valence-electron chi connectivity index (χ2n) is 3.15. The van der Waals surface area contributed by atoms with Gasteiger partial charge in [0, 0.05) is 0 Å². The fourth-order valence-electron chi connectivity index (χ4n) is 1.77. The van der Waals surface area contributed by atoms with E-state index >= 15 is 0 Å². The molecule has 1 aromatic rings. The molecular weight excluding hydrogens is 172 g/mol. The van der Waals surface area contributed by atoms with Crippen molar-refractivity contribution >= 4 is 0 Å². The summed E-state index contributed by atoms with van der Waals surface area (Å²) >= 11 is 0. The molecule has 2 rings (SSSR count). The Hall–Kier alpha value is -1.43. The Balaban J connectivity index is 2.58. The van der Waals surface area contributed by atoms with Gasteiger partial charge >= 0.3 is 0 Å². The van der Waals surface area contributed by atoms with Crippen LogP contribution in [0.15, 0.2) is 12.1 Å². The maximum Gasteiger partial charge on any atom is 0.162 e. The molecule has 1 aliphatic rings. The molecule has 0 bridgehead atoms. The highest BCUT2D eigenvalue weighted by Crippen LogP contribution is 2.34. The Kier molecular flexibility index (Phi) is 1.77. The predicted molar refractivity (Wildman–Crippen MR) is 43.0 cm³/mol. The monoisotopic (exact) mass is 179 g/mol. The lowest BCUT2D eigenvalue weighted by Crippen LogP contribution is -1.94. The fraction of sp³-hybridized carbons (Fsp3) is 0.300. The van der Waals surface area contributed by atoms with Crippen molar-refractivity contribution in [3.8, 4) is 6.07 Å². The van der Waals surface area contributed by atoms with Crippen LogP contribution in [0.1, 0.15) is 23.5 Å². The minimum Gasteiger partial charge on any atom is -0.204 e. The first-order valence-corrected chi connectivity index (χ1v) is 4.10. The van der Waals surface area contributed by atoms with Crippen LogP contribution in [-0.4, -0.2) is 0 Å². The van der Waals surface area contributed by atoms with Gasteiger partial charge in [0.25, 0.3) is 0 Å². The molecule has 1 aromatic carbocycles. The van der Waals surface area contributed by atoms with Gasteiger partial charge in [-0.15, -0.1) is 0 Å². The van der Waals surface area contributed by atoms with Gasteiger partial charge in [-0.25, -0.2) is 8.78 Å². The zero-order valence-electron chi connectivity index (χ0n) is 6.85. The Morgan fingerprint density at radius 3 is 2.85 bits per heavy atom. The van der Waals surface area contributed by atoms with Gasteiger partial charge in [0.15, 0.2) is 11.6 Å². The van der Waals surface area contributed by atoms with Crippen molar-refractivity contribution in [2.75, 3.05) is 0 Å². The number of hydrogen-bond donors (Lipinski definition) is 0. The van der Waals surface area contributed by atoms with Crippen LogP contribution in [0.5, 0.6) is 0 Å². The lowest BCUT2D eigenvalue weighted by molar-refractivity contribution is 0.500. The van der Waals surface area contributed by atoms with Crippen LogP contribution in [0.25, 0.3) is 0 Å². The second-order valence-corrected chi connectivity index (χ2v) is 3.15. The molecule has 0 N–H and O–H groups in total. The molecule has 0 heterocycles. The highest BCUT2D eigenvalue weighted by Gasteiger charge is 2.26. The summed E-state index contributed by atoms with van der Waals surface area (Å²) in [5.74, 6) is -1.86. The molecule has 1 aliphatic carbocycles. The summed E-state index contributed by atoms with van der Waals surface area (Å²) in [5, 5.41) is 8.71. The summed E-state index contributed by atoms with van der Waals surface area (Å²) in [6, 6.07) is 4.67. The SMILES string of the molecule is N#CC1CCc2c1ccc(F)c2F. The van der Waals surface area contributed by atoms with Gasteiger partial charge in [0.1, 0.15) is 0 Å². The molecule has 0 fully saturated rings. The standard InChI is InChI=1S/C10H7F2N/c11-9-4-3-7-6(5-13)1-2-8(7)10(9)12/h3-4,6H,1-2H2. The third kappa shape index (κ3) is 1.10. The van der Waals surface area contributed by atoms with E-state index in [2.05, 4.69) is 6.07 Å². The summed E-state index contributed by atoms with van der Waals surface area (Å²) in [4.78, 5) is 0.